The van der Waals surface area contributed by atoms with Crippen molar-refractivity contribution in [1.29, 1.82) is 0 Å². The number of aromatic nitrogens is 5. The van der Waals surface area contributed by atoms with E-state index >= 15 is 0 Å². The Bertz CT molecular complexity index is 1640. The highest BCUT2D eigenvalue weighted by Gasteiger charge is 2.34. The van der Waals surface area contributed by atoms with Gasteiger partial charge in [0.25, 0.3) is 5.56 Å². The van der Waals surface area contributed by atoms with Gasteiger partial charge in [-0.3, -0.25) is 9.69 Å². The molecular weight excluding hydrogens is 500 g/mol. The average Bonchev–Trinajstić information content (AvgIpc) is 3.45. The fourth-order valence-corrected chi connectivity index (χ4v) is 5.01. The zero-order chi connectivity index (χ0) is 28.3. The van der Waals surface area contributed by atoms with E-state index in [1.165, 1.54) is 0 Å². The van der Waals surface area contributed by atoms with E-state index in [-0.39, 0.29) is 11.1 Å². The molecule has 0 saturated heterocycles. The van der Waals surface area contributed by atoms with Crippen molar-refractivity contribution >= 4 is 10.9 Å². The van der Waals surface area contributed by atoms with E-state index in [9.17, 15) is 4.79 Å². The SMILES string of the molecule is CCC(C)(C)n1nnnc1[C@@H](c1cc2cc(C)ccc2[nH]c1=O)N(Cc1ccccc1)Cc1ccc(OC)cc1. The molecule has 0 aliphatic carbocycles. The van der Waals surface area contributed by atoms with Crippen LogP contribution in [0, 0.1) is 6.92 Å². The Morgan fingerprint density at radius 1 is 0.975 bits per heavy atom. The zero-order valence-corrected chi connectivity index (χ0v) is 23.8. The molecule has 0 fully saturated rings. The van der Waals surface area contributed by atoms with Crippen LogP contribution in [-0.4, -0.2) is 37.2 Å². The van der Waals surface area contributed by atoms with Gasteiger partial charge in [0.2, 0.25) is 0 Å². The summed E-state index contributed by atoms with van der Waals surface area (Å²) in [5, 5.41) is 14.1. The maximum absolute atomic E-state index is 13.8. The Kier molecular flexibility index (Phi) is 7.80. The van der Waals surface area contributed by atoms with Gasteiger partial charge in [0, 0.05) is 24.2 Å². The monoisotopic (exact) mass is 536 g/mol. The third kappa shape index (κ3) is 5.67. The van der Waals surface area contributed by atoms with Crippen LogP contribution in [0.3, 0.4) is 0 Å². The lowest BCUT2D eigenvalue weighted by Crippen LogP contribution is -2.38. The van der Waals surface area contributed by atoms with Crippen molar-refractivity contribution < 1.29 is 4.74 Å². The first kappa shape index (κ1) is 27.3. The van der Waals surface area contributed by atoms with Crippen molar-refractivity contribution in [3.63, 3.8) is 0 Å². The molecule has 0 unspecified atom stereocenters. The third-order valence-electron chi connectivity index (χ3n) is 7.64. The Morgan fingerprint density at radius 3 is 2.35 bits per heavy atom. The fraction of sp³-hybridized carbons (Fsp3) is 0.312. The molecule has 2 aromatic heterocycles. The van der Waals surface area contributed by atoms with Gasteiger partial charge >= 0.3 is 0 Å². The van der Waals surface area contributed by atoms with Gasteiger partial charge < -0.3 is 9.72 Å². The molecule has 0 bridgehead atoms. The van der Waals surface area contributed by atoms with Crippen LogP contribution in [0.2, 0.25) is 0 Å². The molecule has 8 nitrogen and oxygen atoms in total. The second kappa shape index (κ2) is 11.4. The van der Waals surface area contributed by atoms with E-state index in [1.807, 2.05) is 53.2 Å². The summed E-state index contributed by atoms with van der Waals surface area (Å²) in [7, 11) is 1.66. The van der Waals surface area contributed by atoms with Gasteiger partial charge in [-0.15, -0.1) is 5.10 Å². The van der Waals surface area contributed by atoms with Crippen LogP contribution >= 0.6 is 0 Å². The predicted molar refractivity (Wildman–Crippen MR) is 157 cm³/mol. The molecule has 3 aromatic carbocycles. The number of fused-ring (bicyclic) bond motifs is 1. The molecule has 0 spiro atoms. The van der Waals surface area contributed by atoms with Gasteiger partial charge in [0.05, 0.1) is 12.6 Å². The minimum atomic E-state index is -0.517. The molecule has 1 atom stereocenters. The normalized spacial score (nSPS) is 12.7. The molecule has 0 aliphatic heterocycles. The molecule has 2 heterocycles. The molecule has 40 heavy (non-hydrogen) atoms. The van der Waals surface area contributed by atoms with Gasteiger partial charge in [-0.1, -0.05) is 61.0 Å². The largest absolute Gasteiger partial charge is 0.497 e. The average molecular weight is 537 g/mol. The lowest BCUT2D eigenvalue weighted by molar-refractivity contribution is 0.180. The fourth-order valence-electron chi connectivity index (χ4n) is 5.01. The number of ether oxygens (including phenoxy) is 1. The number of pyridine rings is 1. The highest BCUT2D eigenvalue weighted by Crippen LogP contribution is 2.33. The van der Waals surface area contributed by atoms with Crippen LogP contribution < -0.4 is 10.3 Å². The second-order valence-corrected chi connectivity index (χ2v) is 10.9. The first-order chi connectivity index (χ1) is 19.3. The third-order valence-corrected chi connectivity index (χ3v) is 7.64. The van der Waals surface area contributed by atoms with Crippen molar-refractivity contribution in [3.05, 3.63) is 117 Å². The Balaban J connectivity index is 1.72. The molecular formula is C32H36N6O2. The standard InChI is InChI=1S/C32H36N6O2/c1-6-32(3,4)38-30(34-35-36-38)29(27-19-25-18-22(2)12-17-28(25)33-31(27)39)37(20-23-10-8-7-9-11-23)21-24-13-15-26(40-5)16-14-24/h7-19,29H,6,20-21H2,1-5H3,(H,33,39)/t29-/m1/s1. The molecule has 1 N–H and O–H groups in total. The Morgan fingerprint density at radius 2 is 1.68 bits per heavy atom. The number of hydrogen-bond acceptors (Lipinski definition) is 6. The first-order valence-corrected chi connectivity index (χ1v) is 13.6. The number of tetrazole rings is 1. The highest BCUT2D eigenvalue weighted by molar-refractivity contribution is 5.79. The maximum atomic E-state index is 13.8. The number of hydrogen-bond donors (Lipinski definition) is 1. The maximum Gasteiger partial charge on any atom is 0.253 e. The smallest absolute Gasteiger partial charge is 0.253 e. The van der Waals surface area contributed by atoms with Gasteiger partial charge in [-0.05, 0) is 84.5 Å². The minimum Gasteiger partial charge on any atom is -0.497 e. The van der Waals surface area contributed by atoms with E-state index in [2.05, 4.69) is 83.4 Å². The van der Waals surface area contributed by atoms with Gasteiger partial charge in [0.15, 0.2) is 5.82 Å². The number of nitrogens with zero attached hydrogens (tertiary/aromatic N) is 5. The summed E-state index contributed by atoms with van der Waals surface area (Å²) in [5.74, 6) is 1.43. The van der Waals surface area contributed by atoms with Crippen LogP contribution in [0.5, 0.6) is 5.75 Å². The summed E-state index contributed by atoms with van der Waals surface area (Å²) in [6, 6.07) is 25.8. The van der Waals surface area contributed by atoms with E-state index in [1.54, 1.807) is 7.11 Å². The lowest BCUT2D eigenvalue weighted by atomic mass is 9.98. The number of nitrogens with one attached hydrogen (secondary N) is 1. The number of H-pyrrole nitrogens is 1. The summed E-state index contributed by atoms with van der Waals surface area (Å²) in [6.07, 6.45) is 0.822. The van der Waals surface area contributed by atoms with Crippen LogP contribution in [0.25, 0.3) is 10.9 Å². The minimum absolute atomic E-state index is 0.155. The topological polar surface area (TPSA) is 88.9 Å². The van der Waals surface area contributed by atoms with Crippen LogP contribution in [0.15, 0.2) is 83.7 Å². The van der Waals surface area contributed by atoms with Crippen LogP contribution in [0.4, 0.5) is 0 Å². The summed E-state index contributed by atoms with van der Waals surface area (Å²) in [5.41, 5.74) is 4.24. The van der Waals surface area contributed by atoms with Crippen molar-refractivity contribution in [1.82, 2.24) is 30.1 Å². The number of aryl methyl sites for hydroxylation is 1. The molecule has 5 rings (SSSR count). The van der Waals surface area contributed by atoms with E-state index < -0.39 is 6.04 Å². The highest BCUT2D eigenvalue weighted by atomic mass is 16.5. The van der Waals surface area contributed by atoms with E-state index in [0.29, 0.717) is 24.5 Å². The van der Waals surface area contributed by atoms with Gasteiger partial charge in [-0.25, -0.2) is 4.68 Å². The Hall–Kier alpha value is -4.30. The quantitative estimate of drug-likeness (QED) is 0.244. The predicted octanol–water partition coefficient (Wildman–Crippen LogP) is 5.77. The van der Waals surface area contributed by atoms with Crippen molar-refractivity contribution in [2.75, 3.05) is 7.11 Å². The molecule has 0 amide bonds. The van der Waals surface area contributed by atoms with Gasteiger partial charge in [0.1, 0.15) is 11.8 Å². The molecule has 206 valence electrons. The van der Waals surface area contributed by atoms with Crippen LogP contribution in [-0.2, 0) is 18.6 Å². The summed E-state index contributed by atoms with van der Waals surface area (Å²) in [6.45, 7) is 9.55. The number of methoxy groups -OCH3 is 1. The molecule has 5 aromatic rings. The van der Waals surface area contributed by atoms with Crippen molar-refractivity contribution in [2.45, 2.75) is 58.8 Å². The number of aromatic amines is 1. The zero-order valence-electron chi connectivity index (χ0n) is 23.8. The molecule has 0 saturated carbocycles. The summed E-state index contributed by atoms with van der Waals surface area (Å²) in [4.78, 5) is 19.2. The molecule has 0 radical (unpaired) electrons. The molecule has 8 heteroatoms. The second-order valence-electron chi connectivity index (χ2n) is 10.9. The molecule has 0 aliphatic rings. The van der Waals surface area contributed by atoms with Crippen LogP contribution in [0.1, 0.15) is 61.3 Å². The van der Waals surface area contributed by atoms with Gasteiger partial charge in [-0.2, -0.15) is 0 Å². The van der Waals surface area contributed by atoms with E-state index in [4.69, 9.17) is 4.74 Å². The summed E-state index contributed by atoms with van der Waals surface area (Å²) < 4.78 is 7.27. The first-order valence-electron chi connectivity index (χ1n) is 13.6. The number of benzene rings is 3. The van der Waals surface area contributed by atoms with Crippen molar-refractivity contribution in [2.24, 2.45) is 0 Å². The lowest BCUT2D eigenvalue weighted by Gasteiger charge is -2.33. The van der Waals surface area contributed by atoms with E-state index in [0.717, 1.165) is 39.8 Å². The van der Waals surface area contributed by atoms with Crippen molar-refractivity contribution in [3.8, 4) is 5.75 Å². The number of rotatable bonds is 10. The Labute approximate surface area is 234 Å². The summed E-state index contributed by atoms with van der Waals surface area (Å²) >= 11 is 0.